The number of aromatic nitrogens is 3. The van der Waals surface area contributed by atoms with Crippen LogP contribution in [0, 0.1) is 0 Å². The van der Waals surface area contributed by atoms with Crippen molar-refractivity contribution in [2.75, 3.05) is 24.1 Å². The quantitative estimate of drug-likeness (QED) is 0.117. The summed E-state index contributed by atoms with van der Waals surface area (Å²) in [5.41, 5.74) is 10.5. The lowest BCUT2D eigenvalue weighted by Gasteiger charge is -2.27. The molecule has 2 fully saturated rings. The lowest BCUT2D eigenvalue weighted by Crippen LogP contribution is -2.54. The fraction of sp³-hybridized carbons (Fsp3) is 0.406. The van der Waals surface area contributed by atoms with Gasteiger partial charge in [0, 0.05) is 31.2 Å². The van der Waals surface area contributed by atoms with E-state index in [2.05, 4.69) is 20.9 Å². The van der Waals surface area contributed by atoms with Crippen molar-refractivity contribution in [3.05, 3.63) is 61.8 Å². The highest BCUT2D eigenvalue weighted by Crippen LogP contribution is 2.35. The minimum atomic E-state index is -1.04. The van der Waals surface area contributed by atoms with E-state index in [4.69, 9.17) is 11.5 Å². The van der Waals surface area contributed by atoms with Crippen molar-refractivity contribution in [2.24, 2.45) is 5.73 Å². The van der Waals surface area contributed by atoms with E-state index in [0.717, 1.165) is 28.7 Å². The minimum Gasteiger partial charge on any atom is -0.384 e. The van der Waals surface area contributed by atoms with Crippen LogP contribution in [-0.4, -0.2) is 73.6 Å². The number of amides is 6. The summed E-state index contributed by atoms with van der Waals surface area (Å²) in [6.45, 7) is 0.303. The van der Waals surface area contributed by atoms with Crippen LogP contribution in [0.3, 0.4) is 0 Å². The molecule has 0 bridgehead atoms. The first kappa shape index (κ1) is 33.0. The number of nitrogen functional groups attached to an aromatic ring is 1. The zero-order chi connectivity index (χ0) is 35.0. The van der Waals surface area contributed by atoms with Crippen LogP contribution in [-0.2, 0) is 20.9 Å². The average molecular weight is 674 g/mol. The summed E-state index contributed by atoms with van der Waals surface area (Å²) in [5, 5.41) is 8.09. The second-order valence-electron chi connectivity index (χ2n) is 12.3. The van der Waals surface area contributed by atoms with Crippen LogP contribution in [0.25, 0.3) is 11.0 Å². The summed E-state index contributed by atoms with van der Waals surface area (Å²) in [5.74, 6) is -3.84. The second kappa shape index (κ2) is 13.3. The van der Waals surface area contributed by atoms with E-state index in [1.807, 2.05) is 0 Å². The van der Waals surface area contributed by atoms with Gasteiger partial charge in [0.25, 0.3) is 23.3 Å². The van der Waals surface area contributed by atoms with Crippen LogP contribution in [0.4, 0.5) is 11.5 Å². The van der Waals surface area contributed by atoms with E-state index in [0.29, 0.717) is 38.0 Å². The van der Waals surface area contributed by atoms with E-state index >= 15 is 0 Å². The molecule has 6 amide bonds. The SMILES string of the molecule is NC(=O)c1cc2c(=O)n(CC(=O)NCCCCCCNc3cccc4c3C(=O)N(C3CCC(=O)NC3=O)C4=O)c(=O)n(C3CC3)c2nc1N. The van der Waals surface area contributed by atoms with Gasteiger partial charge in [0.15, 0.2) is 5.65 Å². The van der Waals surface area contributed by atoms with Gasteiger partial charge in [-0.2, -0.15) is 0 Å². The van der Waals surface area contributed by atoms with Crippen molar-refractivity contribution >= 4 is 58.0 Å². The van der Waals surface area contributed by atoms with Gasteiger partial charge in [-0.05, 0) is 50.3 Å². The summed E-state index contributed by atoms with van der Waals surface area (Å²) < 4.78 is 2.16. The number of fused-ring (bicyclic) bond motifs is 2. The maximum Gasteiger partial charge on any atom is 0.333 e. The Kier molecular flexibility index (Phi) is 8.99. The number of anilines is 2. The molecule has 0 spiro atoms. The number of hydrogen-bond donors (Lipinski definition) is 5. The zero-order valence-electron chi connectivity index (χ0n) is 26.5. The van der Waals surface area contributed by atoms with Gasteiger partial charge in [-0.25, -0.2) is 9.78 Å². The molecule has 1 aromatic carbocycles. The van der Waals surface area contributed by atoms with Crippen LogP contribution >= 0.6 is 0 Å². The largest absolute Gasteiger partial charge is 0.384 e. The van der Waals surface area contributed by atoms with E-state index < -0.39 is 59.3 Å². The number of pyridine rings is 1. The number of carbonyl (C=O) groups is 6. The van der Waals surface area contributed by atoms with Gasteiger partial charge in [-0.15, -0.1) is 0 Å². The van der Waals surface area contributed by atoms with Gasteiger partial charge in [0.05, 0.1) is 22.1 Å². The number of imide groups is 2. The third-order valence-electron chi connectivity index (χ3n) is 8.86. The van der Waals surface area contributed by atoms with Gasteiger partial charge >= 0.3 is 5.69 Å². The summed E-state index contributed by atoms with van der Waals surface area (Å²) in [7, 11) is 0. The van der Waals surface area contributed by atoms with E-state index in [-0.39, 0.29) is 52.4 Å². The molecule has 6 rings (SSSR count). The molecule has 49 heavy (non-hydrogen) atoms. The number of hydrogen-bond acceptors (Lipinski definition) is 11. The number of piperidine rings is 1. The maximum atomic E-state index is 13.2. The van der Waals surface area contributed by atoms with Crippen LogP contribution in [0.15, 0.2) is 33.9 Å². The molecule has 0 radical (unpaired) electrons. The zero-order valence-corrected chi connectivity index (χ0v) is 26.5. The van der Waals surface area contributed by atoms with E-state index in [9.17, 15) is 38.4 Å². The molecule has 17 nitrogen and oxygen atoms in total. The normalized spacial score (nSPS) is 17.3. The molecule has 3 aromatic rings. The smallest absolute Gasteiger partial charge is 0.333 e. The highest BCUT2D eigenvalue weighted by atomic mass is 16.2. The number of nitrogens with zero attached hydrogens (tertiary/aromatic N) is 4. The molecule has 4 heterocycles. The molecule has 7 N–H and O–H groups in total. The molecule has 17 heteroatoms. The molecule has 2 aliphatic heterocycles. The Morgan fingerprint density at radius 2 is 1.69 bits per heavy atom. The molecule has 2 aromatic heterocycles. The van der Waals surface area contributed by atoms with Crippen molar-refractivity contribution in [2.45, 2.75) is 70.0 Å². The Hall–Kier alpha value is -5.87. The summed E-state index contributed by atoms with van der Waals surface area (Å²) in [6.07, 6.45) is 4.39. The fourth-order valence-corrected chi connectivity index (χ4v) is 6.23. The molecule has 1 aliphatic carbocycles. The van der Waals surface area contributed by atoms with Gasteiger partial charge in [-0.1, -0.05) is 18.9 Å². The Morgan fingerprint density at radius 3 is 2.39 bits per heavy atom. The van der Waals surface area contributed by atoms with Crippen LogP contribution in [0.5, 0.6) is 0 Å². The van der Waals surface area contributed by atoms with Gasteiger partial charge in [0.2, 0.25) is 17.7 Å². The third kappa shape index (κ3) is 6.38. The number of rotatable bonds is 13. The van der Waals surface area contributed by atoms with Crippen LogP contribution in [0.2, 0.25) is 0 Å². The highest BCUT2D eigenvalue weighted by molar-refractivity contribution is 6.25. The Labute approximate surface area is 278 Å². The molecule has 1 unspecified atom stereocenters. The number of nitrogens with one attached hydrogen (secondary N) is 3. The lowest BCUT2D eigenvalue weighted by atomic mass is 10.0. The predicted molar refractivity (Wildman–Crippen MR) is 175 cm³/mol. The van der Waals surface area contributed by atoms with Crippen molar-refractivity contribution in [3.8, 4) is 0 Å². The van der Waals surface area contributed by atoms with Crippen molar-refractivity contribution in [1.29, 1.82) is 0 Å². The van der Waals surface area contributed by atoms with E-state index in [1.165, 1.54) is 16.7 Å². The Balaban J connectivity index is 0.985. The third-order valence-corrected chi connectivity index (χ3v) is 8.86. The fourth-order valence-electron chi connectivity index (χ4n) is 6.23. The average Bonchev–Trinajstić information content (AvgIpc) is 3.86. The van der Waals surface area contributed by atoms with Crippen LogP contribution < -0.4 is 38.7 Å². The van der Waals surface area contributed by atoms with Crippen molar-refractivity contribution < 1.29 is 28.8 Å². The van der Waals surface area contributed by atoms with Gasteiger partial charge < -0.3 is 22.1 Å². The molecule has 1 saturated heterocycles. The molecular weight excluding hydrogens is 638 g/mol. The van der Waals surface area contributed by atoms with Crippen LogP contribution in [0.1, 0.15) is 88.5 Å². The first-order valence-corrected chi connectivity index (χ1v) is 16.1. The molecule has 1 atom stereocenters. The topological polar surface area (TPSA) is 251 Å². The summed E-state index contributed by atoms with van der Waals surface area (Å²) >= 11 is 0. The number of unbranched alkanes of at least 4 members (excludes halogenated alkanes) is 3. The first-order valence-electron chi connectivity index (χ1n) is 16.1. The standard InChI is InChI=1S/C32H35N9O8/c33-25-18(26(34)44)14-19-27(38-25)40(16-8-9-16)32(49)39(29(19)46)15-23(43)36-13-4-2-1-3-12-35-20-7-5-6-17-24(20)31(48)41(30(17)47)21-10-11-22(42)37-28(21)45/h5-7,14,16,21,35H,1-4,8-13,15H2,(H2,33,38)(H2,34,44)(H,36,43)(H,37,42,45). The molecule has 256 valence electrons. The number of carbonyl (C=O) groups excluding carboxylic acids is 6. The number of nitrogens with two attached hydrogens (primary N) is 2. The Bertz CT molecular complexity index is 2050. The second-order valence-corrected chi connectivity index (χ2v) is 12.3. The number of primary amides is 1. The lowest BCUT2D eigenvalue weighted by molar-refractivity contribution is -0.136. The van der Waals surface area contributed by atoms with E-state index in [1.54, 1.807) is 12.1 Å². The summed E-state index contributed by atoms with van der Waals surface area (Å²) in [4.78, 5) is 106. The van der Waals surface area contributed by atoms with Crippen molar-refractivity contribution in [3.63, 3.8) is 0 Å². The first-order chi connectivity index (χ1) is 23.5. The molecule has 3 aliphatic rings. The summed E-state index contributed by atoms with van der Waals surface area (Å²) in [6, 6.07) is 4.86. The molecular formula is C32H35N9O8. The van der Waals surface area contributed by atoms with Gasteiger partial charge in [0.1, 0.15) is 18.4 Å². The predicted octanol–water partition coefficient (Wildman–Crippen LogP) is -0.236. The Morgan fingerprint density at radius 1 is 0.959 bits per heavy atom. The number of benzene rings is 1. The molecule has 1 saturated carbocycles. The van der Waals surface area contributed by atoms with Gasteiger partial charge in [-0.3, -0.25) is 52.9 Å². The van der Waals surface area contributed by atoms with Crippen molar-refractivity contribution in [1.82, 2.24) is 29.7 Å². The maximum absolute atomic E-state index is 13.2. The highest BCUT2D eigenvalue weighted by Gasteiger charge is 2.45. The monoisotopic (exact) mass is 673 g/mol. The minimum absolute atomic E-state index is 0.0287.